The van der Waals surface area contributed by atoms with Crippen molar-refractivity contribution < 1.29 is 31.7 Å². The third-order valence-corrected chi connectivity index (χ3v) is 3.39. The van der Waals surface area contributed by atoms with E-state index in [9.17, 15) is 8.66 Å². The molecule has 1 rings (SSSR count). The topological polar surface area (TPSA) is 52.6 Å². The summed E-state index contributed by atoms with van der Waals surface area (Å²) < 4.78 is 21.8. The van der Waals surface area contributed by atoms with E-state index in [-0.39, 0.29) is 5.78 Å². The van der Waals surface area contributed by atoms with Crippen molar-refractivity contribution in [2.75, 3.05) is 14.2 Å². The summed E-state index contributed by atoms with van der Waals surface area (Å²) in [7, 11) is 2.80. The molecule has 0 bridgehead atoms. The zero-order valence-electron chi connectivity index (χ0n) is 9.64. The number of carbonyl (C=O) groups excluding carboxylic acids is 1. The molecule has 0 fully saturated rings. The molecule has 1 aromatic rings. The van der Waals surface area contributed by atoms with Crippen molar-refractivity contribution in [2.45, 2.75) is 6.29 Å². The summed E-state index contributed by atoms with van der Waals surface area (Å²) in [6.45, 7) is 3.46. The Morgan fingerprint density at radius 2 is 1.82 bits per heavy atom. The van der Waals surface area contributed by atoms with Gasteiger partial charge in [-0.2, -0.15) is 0 Å². The number of hydrogen-bond donors (Lipinski definition) is 0. The fraction of sp³-hybridized carbons (Fsp3) is 0.250. The molecule has 0 unspecified atom stereocenters. The van der Waals surface area contributed by atoms with E-state index < -0.39 is 19.9 Å². The van der Waals surface area contributed by atoms with Crippen LogP contribution < -0.4 is 4.50 Å². The second-order valence-electron chi connectivity index (χ2n) is 3.03. The van der Waals surface area contributed by atoms with Gasteiger partial charge in [-0.25, -0.2) is 0 Å². The molecular formula is C12H14CoO4. The fourth-order valence-corrected chi connectivity index (χ4v) is 2.00. The Hall–Kier alpha value is -1.14. The van der Waals surface area contributed by atoms with Gasteiger partial charge in [0.2, 0.25) is 0 Å². The molecule has 95 valence electrons. The summed E-state index contributed by atoms with van der Waals surface area (Å²) in [4.78, 5) is 11.8. The number of hydrogen-bond acceptors (Lipinski definition) is 4. The Morgan fingerprint density at radius 1 is 1.29 bits per heavy atom. The van der Waals surface area contributed by atoms with Gasteiger partial charge in [0.05, 0.1) is 0 Å². The third-order valence-electron chi connectivity index (χ3n) is 2.07. The second-order valence-corrected chi connectivity index (χ2v) is 4.81. The summed E-state index contributed by atoms with van der Waals surface area (Å²) in [6, 6.07) is 6.46. The van der Waals surface area contributed by atoms with Gasteiger partial charge in [0.1, 0.15) is 0 Å². The maximum absolute atomic E-state index is 11.8. The van der Waals surface area contributed by atoms with Crippen molar-refractivity contribution in [1.82, 2.24) is 0 Å². The van der Waals surface area contributed by atoms with Crippen LogP contribution in [0.1, 0.15) is 10.4 Å². The summed E-state index contributed by atoms with van der Waals surface area (Å²) >= 11 is -1.57. The van der Waals surface area contributed by atoms with Crippen LogP contribution in [-0.4, -0.2) is 26.3 Å². The number of methoxy groups -OCH3 is 2. The Labute approximate surface area is 104 Å². The average Bonchev–Trinajstić information content (AvgIpc) is 2.39. The van der Waals surface area contributed by atoms with Crippen LogP contribution in [-0.2, 0) is 26.9 Å². The van der Waals surface area contributed by atoms with E-state index in [4.69, 9.17) is 9.47 Å². The van der Waals surface area contributed by atoms with E-state index in [2.05, 4.69) is 6.58 Å². The average molecular weight is 281 g/mol. The van der Waals surface area contributed by atoms with E-state index in [1.165, 1.54) is 19.2 Å². The molecule has 0 heterocycles. The van der Waals surface area contributed by atoms with Gasteiger partial charge in [0.25, 0.3) is 0 Å². The number of carbonyl (C=O) groups is 1. The van der Waals surface area contributed by atoms with Gasteiger partial charge in [-0.15, -0.1) is 0 Å². The van der Waals surface area contributed by atoms with Crippen LogP contribution in [0.25, 0.3) is 0 Å². The molecule has 0 saturated heterocycles. The van der Waals surface area contributed by atoms with Gasteiger partial charge < -0.3 is 0 Å². The van der Waals surface area contributed by atoms with E-state index in [1.807, 2.05) is 0 Å². The molecular weight excluding hydrogens is 267 g/mol. The van der Waals surface area contributed by atoms with Crippen LogP contribution in [0.5, 0.6) is 0 Å². The Morgan fingerprint density at radius 3 is 2.24 bits per heavy atom. The van der Waals surface area contributed by atoms with E-state index in [0.29, 0.717) is 10.1 Å². The molecule has 0 saturated carbocycles. The molecule has 0 N–H and O–H groups in total. The standard InChI is InChI=1S/C10H11O3.C2H3.Co.O/c1-12-10(13-2)9(11)8-6-4-3-5-7-8;1-2;;/h4-7,10H,1-2H3;1H,2H2;;. The summed E-state index contributed by atoms with van der Waals surface area (Å²) in [5, 5.41) is 1.37. The summed E-state index contributed by atoms with van der Waals surface area (Å²) in [5.74, 6) is -0.268. The van der Waals surface area contributed by atoms with Crippen molar-refractivity contribution in [3.63, 3.8) is 0 Å². The third kappa shape index (κ3) is 3.40. The summed E-state index contributed by atoms with van der Waals surface area (Å²) in [5.41, 5.74) is 0.453. The number of rotatable bonds is 6. The summed E-state index contributed by atoms with van der Waals surface area (Å²) in [6.07, 6.45) is -0.909. The van der Waals surface area contributed by atoms with Gasteiger partial charge in [0.15, 0.2) is 0 Å². The van der Waals surface area contributed by atoms with Gasteiger partial charge in [-0.1, -0.05) is 0 Å². The first-order valence-corrected chi connectivity index (χ1v) is 6.30. The predicted molar refractivity (Wildman–Crippen MR) is 59.1 cm³/mol. The molecule has 0 spiro atoms. The number of Topliss-reactive ketones (excluding diaryl/α,β-unsaturated/α-hetero) is 1. The minimum atomic E-state index is -1.57. The molecule has 0 atom stereocenters. The van der Waals surface area contributed by atoms with E-state index in [1.54, 1.807) is 24.3 Å². The van der Waals surface area contributed by atoms with Crippen molar-refractivity contribution in [1.29, 1.82) is 0 Å². The van der Waals surface area contributed by atoms with Crippen molar-refractivity contribution in [3.8, 4) is 0 Å². The first kappa shape index (κ1) is 13.9. The van der Waals surface area contributed by atoms with Crippen molar-refractivity contribution in [3.05, 3.63) is 41.4 Å². The number of ether oxygens (including phenoxy) is 2. The SMILES string of the molecule is C=[CH][Co](=[O])[c]1ccc(C(=O)C(OC)OC)cc1. The monoisotopic (exact) mass is 281 g/mol. The molecule has 0 radical (unpaired) electrons. The van der Waals surface area contributed by atoms with Crippen molar-refractivity contribution >= 4 is 10.3 Å². The van der Waals surface area contributed by atoms with Gasteiger partial charge >= 0.3 is 104 Å². The first-order chi connectivity index (χ1) is 8.13. The van der Waals surface area contributed by atoms with Gasteiger partial charge in [-0.3, -0.25) is 0 Å². The van der Waals surface area contributed by atoms with E-state index >= 15 is 0 Å². The van der Waals surface area contributed by atoms with Gasteiger partial charge in [0, 0.05) is 0 Å². The normalized spacial score (nSPS) is 11.4. The molecule has 17 heavy (non-hydrogen) atoms. The second kappa shape index (κ2) is 6.56. The Bertz CT molecular complexity index is 421. The minimum absolute atomic E-state index is 0.268. The van der Waals surface area contributed by atoms with Crippen LogP contribution >= 0.6 is 0 Å². The van der Waals surface area contributed by atoms with Crippen molar-refractivity contribution in [2.24, 2.45) is 0 Å². The number of benzene rings is 1. The van der Waals surface area contributed by atoms with Crippen LogP contribution in [0.2, 0.25) is 0 Å². The Kier molecular flexibility index (Phi) is 5.37. The number of ketones is 1. The molecule has 5 heteroatoms. The first-order valence-electron chi connectivity index (χ1n) is 4.76. The molecule has 0 aliphatic heterocycles. The zero-order valence-corrected chi connectivity index (χ0v) is 10.7. The van der Waals surface area contributed by atoms with E-state index in [0.717, 1.165) is 0 Å². The quantitative estimate of drug-likeness (QED) is 0.581. The molecule has 0 aliphatic carbocycles. The molecule has 0 aliphatic rings. The molecule has 0 aromatic heterocycles. The Balaban J connectivity index is 2.91. The van der Waals surface area contributed by atoms with Gasteiger partial charge in [-0.05, 0) is 0 Å². The van der Waals surface area contributed by atoms with Crippen LogP contribution in [0, 0.1) is 0 Å². The molecule has 4 nitrogen and oxygen atoms in total. The molecule has 1 aromatic carbocycles. The maximum atomic E-state index is 11.8. The fourth-order valence-electron chi connectivity index (χ4n) is 1.24. The van der Waals surface area contributed by atoms with Crippen LogP contribution in [0.4, 0.5) is 0 Å². The molecule has 0 amide bonds. The predicted octanol–water partition coefficient (Wildman–Crippen LogP) is 1.22. The zero-order chi connectivity index (χ0) is 12.8. The van der Waals surface area contributed by atoms with Crippen LogP contribution in [0.15, 0.2) is 35.9 Å². The van der Waals surface area contributed by atoms with Crippen LogP contribution in [0.3, 0.4) is 0 Å².